The first-order valence-corrected chi connectivity index (χ1v) is 19.7. The van der Waals surface area contributed by atoms with Gasteiger partial charge in [-0.15, -0.1) is 0 Å². The van der Waals surface area contributed by atoms with E-state index in [1.54, 1.807) is 14.0 Å². The third kappa shape index (κ3) is 6.14. The van der Waals surface area contributed by atoms with Crippen molar-refractivity contribution >= 4 is 50.1 Å². The van der Waals surface area contributed by atoms with Gasteiger partial charge in [0, 0.05) is 38.7 Å². The number of nitrogens with zero attached hydrogens (tertiary/aromatic N) is 3. The van der Waals surface area contributed by atoms with E-state index in [9.17, 15) is 22.8 Å². The molecule has 1 saturated heterocycles. The Labute approximate surface area is 306 Å². The zero-order valence-corrected chi connectivity index (χ0v) is 30.9. The molecule has 1 unspecified atom stereocenters. The summed E-state index contributed by atoms with van der Waals surface area (Å²) in [7, 11) is -0.280. The average molecular weight is 757 g/mol. The molecule has 2 amide bonds. The molecule has 52 heavy (non-hydrogen) atoms. The molecule has 5 aliphatic rings. The first-order valence-electron chi connectivity index (χ1n) is 17.8. The first-order chi connectivity index (χ1) is 24.8. The quantitative estimate of drug-likeness (QED) is 0.314. The summed E-state index contributed by atoms with van der Waals surface area (Å²) in [5.74, 6) is -2.20. The molecule has 0 bridgehead atoms. The van der Waals surface area contributed by atoms with E-state index in [1.807, 2.05) is 12.1 Å². The van der Waals surface area contributed by atoms with Crippen molar-refractivity contribution in [2.45, 2.75) is 68.9 Å². The number of likely N-dealkylation sites (N-methyl/N-ethyl adjacent to an activating group) is 1. The Morgan fingerprint density at radius 3 is 2.50 bits per heavy atom. The van der Waals surface area contributed by atoms with Gasteiger partial charge in [-0.3, -0.25) is 14.5 Å². The first kappa shape index (κ1) is 35.3. The van der Waals surface area contributed by atoms with Crippen molar-refractivity contribution in [3.05, 3.63) is 67.8 Å². The van der Waals surface area contributed by atoms with E-state index in [0.717, 1.165) is 30.8 Å². The maximum Gasteiger partial charge on any atom is 0.341 e. The lowest BCUT2D eigenvalue weighted by Gasteiger charge is -2.40. The van der Waals surface area contributed by atoms with Gasteiger partial charge in [0.15, 0.2) is 17.1 Å². The molecule has 8 rings (SSSR count). The second-order valence-electron chi connectivity index (χ2n) is 15.3. The van der Waals surface area contributed by atoms with Crippen LogP contribution in [-0.2, 0) is 27.7 Å². The van der Waals surface area contributed by atoms with Crippen molar-refractivity contribution in [2.24, 2.45) is 11.8 Å². The summed E-state index contributed by atoms with van der Waals surface area (Å²) in [5, 5.41) is 1.02. The van der Waals surface area contributed by atoms with E-state index in [4.69, 9.17) is 25.5 Å². The highest BCUT2D eigenvalue weighted by molar-refractivity contribution is 7.91. The third-order valence-electron chi connectivity index (χ3n) is 11.8. The summed E-state index contributed by atoms with van der Waals surface area (Å²) in [5.41, 5.74) is 0.797. The number of nitrogens with one attached hydrogen (secondary N) is 1. The average Bonchev–Trinajstić information content (AvgIpc) is 4.02. The molecule has 2 aromatic carbocycles. The summed E-state index contributed by atoms with van der Waals surface area (Å²) < 4.78 is 60.5. The molecule has 4 fully saturated rings. The van der Waals surface area contributed by atoms with E-state index in [-0.39, 0.29) is 47.5 Å². The van der Waals surface area contributed by atoms with E-state index in [0.29, 0.717) is 67.5 Å². The van der Waals surface area contributed by atoms with E-state index in [1.165, 1.54) is 17.0 Å². The van der Waals surface area contributed by atoms with Crippen LogP contribution in [0.25, 0.3) is 11.0 Å². The molecule has 278 valence electrons. The van der Waals surface area contributed by atoms with Crippen LogP contribution in [0.3, 0.4) is 0 Å². The van der Waals surface area contributed by atoms with E-state index < -0.39 is 43.8 Å². The van der Waals surface area contributed by atoms with Crippen molar-refractivity contribution in [3.8, 4) is 5.75 Å². The highest BCUT2D eigenvalue weighted by atomic mass is 35.5. The second kappa shape index (κ2) is 13.0. The van der Waals surface area contributed by atoms with Gasteiger partial charge in [0.25, 0.3) is 11.8 Å². The van der Waals surface area contributed by atoms with Crippen molar-refractivity contribution in [1.29, 1.82) is 0 Å². The van der Waals surface area contributed by atoms with Crippen LogP contribution in [0.4, 0.5) is 10.1 Å². The standard InChI is InChI=1S/C37H42ClFN4O8S/c1-37(9-10-37)52(47,48)40-34(44)27-5-4-26(31(39)33(27)50-23-15-20-14-21(20)16-23)35(45)43-11-8-24-25-6-7-29(30(38)32(25)51-36(46)28(24)18-43)42-13-12-41(2)22(17-42)19-49-3/h4-7,20-23H,8-19H2,1-3H3,(H,40,44)/t20-,21+,22-,23?/m1/s1. The fraction of sp³-hybridized carbons (Fsp3) is 0.541. The lowest BCUT2D eigenvalue weighted by atomic mass is 9.96. The van der Waals surface area contributed by atoms with Gasteiger partial charge in [0.2, 0.25) is 10.0 Å². The molecule has 1 N–H and O–H groups in total. The SMILES string of the molecule is COC[C@H]1CN(c2ccc3c4c(c(=O)oc3c2Cl)CN(C(=O)c2ccc(C(=O)NS(=O)(=O)C3(C)CC3)c(OC3C[C@@H]5C[C@@H]5C3)c2F)CC4)CCN1C. The zero-order valence-electron chi connectivity index (χ0n) is 29.4. The number of hydrogen-bond donors (Lipinski definition) is 1. The number of sulfonamides is 1. The number of carbonyl (C=O) groups excluding carboxylic acids is 2. The molecule has 3 saturated carbocycles. The number of carbonyl (C=O) groups is 2. The van der Waals surface area contributed by atoms with Crippen molar-refractivity contribution in [3.63, 3.8) is 0 Å². The van der Waals surface area contributed by atoms with Gasteiger partial charge >= 0.3 is 5.63 Å². The lowest BCUT2D eigenvalue weighted by Crippen LogP contribution is -2.53. The molecular weight excluding hydrogens is 715 g/mol. The molecule has 3 aliphatic carbocycles. The van der Waals surface area contributed by atoms with Gasteiger partial charge in [0.1, 0.15) is 5.02 Å². The van der Waals surface area contributed by atoms with Crippen LogP contribution in [0.5, 0.6) is 5.75 Å². The van der Waals surface area contributed by atoms with Crippen LogP contribution >= 0.6 is 11.6 Å². The highest BCUT2D eigenvalue weighted by Crippen LogP contribution is 2.53. The number of hydrogen-bond acceptors (Lipinski definition) is 10. The maximum atomic E-state index is 16.4. The number of ether oxygens (including phenoxy) is 2. The Kier molecular flexibility index (Phi) is 8.83. The Bertz CT molecular complexity index is 2150. The van der Waals surface area contributed by atoms with Gasteiger partial charge in [-0.1, -0.05) is 11.6 Å². The fourth-order valence-corrected chi connectivity index (χ4v) is 9.66. The predicted octanol–water partition coefficient (Wildman–Crippen LogP) is 4.34. The molecule has 3 heterocycles. The van der Waals surface area contributed by atoms with Crippen molar-refractivity contribution in [2.75, 3.05) is 51.8 Å². The molecule has 0 spiro atoms. The molecule has 3 aromatic rings. The number of fused-ring (bicyclic) bond motifs is 4. The number of anilines is 1. The van der Waals surface area contributed by atoms with Crippen LogP contribution in [0.1, 0.15) is 70.9 Å². The summed E-state index contributed by atoms with van der Waals surface area (Å²) in [4.78, 5) is 46.5. The van der Waals surface area contributed by atoms with Crippen molar-refractivity contribution in [1.82, 2.24) is 14.5 Å². The predicted molar refractivity (Wildman–Crippen MR) is 192 cm³/mol. The number of piperazine rings is 1. The number of benzene rings is 2. The molecule has 2 aliphatic heterocycles. The number of halogens is 2. The summed E-state index contributed by atoms with van der Waals surface area (Å²) in [6, 6.07) is 6.40. The van der Waals surface area contributed by atoms with Gasteiger partial charge in [-0.2, -0.15) is 0 Å². The maximum absolute atomic E-state index is 16.4. The molecule has 1 aromatic heterocycles. The summed E-state index contributed by atoms with van der Waals surface area (Å²) in [6.07, 6.45) is 3.25. The molecular formula is C37H42ClFN4O8S. The monoisotopic (exact) mass is 756 g/mol. The zero-order chi connectivity index (χ0) is 36.7. The Balaban J connectivity index is 1.06. The summed E-state index contributed by atoms with van der Waals surface area (Å²) in [6.45, 7) is 4.42. The Hall–Kier alpha value is -3.72. The highest BCUT2D eigenvalue weighted by Gasteiger charge is 2.51. The van der Waals surface area contributed by atoms with Crippen LogP contribution < -0.4 is 20.0 Å². The Morgan fingerprint density at radius 2 is 1.79 bits per heavy atom. The van der Waals surface area contributed by atoms with Gasteiger partial charge < -0.3 is 23.7 Å². The van der Waals surface area contributed by atoms with Gasteiger partial charge in [-0.25, -0.2) is 22.3 Å². The van der Waals surface area contributed by atoms with Crippen LogP contribution in [0.2, 0.25) is 5.02 Å². The number of rotatable bonds is 9. The minimum absolute atomic E-state index is 0.121. The Morgan fingerprint density at radius 1 is 1.06 bits per heavy atom. The van der Waals surface area contributed by atoms with Gasteiger partial charge in [0.05, 0.1) is 52.4 Å². The topological polar surface area (TPSA) is 139 Å². The third-order valence-corrected chi connectivity index (χ3v) is 14.4. The number of amides is 2. The van der Waals surface area contributed by atoms with Crippen LogP contribution in [-0.4, -0.2) is 93.9 Å². The summed E-state index contributed by atoms with van der Waals surface area (Å²) >= 11 is 6.91. The lowest BCUT2D eigenvalue weighted by molar-refractivity contribution is 0.0725. The molecule has 12 nitrogen and oxygen atoms in total. The van der Waals surface area contributed by atoms with E-state index in [2.05, 4.69) is 21.6 Å². The normalized spacial score (nSPS) is 25.1. The fourth-order valence-electron chi connectivity index (χ4n) is 8.09. The van der Waals surface area contributed by atoms with E-state index >= 15 is 4.39 Å². The number of methoxy groups -OCH3 is 1. The van der Waals surface area contributed by atoms with Crippen LogP contribution in [0, 0.1) is 17.7 Å². The van der Waals surface area contributed by atoms with Gasteiger partial charge in [-0.05, 0) is 94.2 Å². The van der Waals surface area contributed by atoms with Crippen molar-refractivity contribution < 1.29 is 36.3 Å². The minimum Gasteiger partial charge on any atom is -0.486 e. The molecule has 4 atom stereocenters. The smallest absolute Gasteiger partial charge is 0.341 e. The second-order valence-corrected chi connectivity index (χ2v) is 17.9. The molecule has 0 radical (unpaired) electrons. The minimum atomic E-state index is -4.01. The molecule has 15 heteroatoms. The largest absolute Gasteiger partial charge is 0.486 e. The van der Waals surface area contributed by atoms with Crippen LogP contribution in [0.15, 0.2) is 33.5 Å².